The van der Waals surface area contributed by atoms with Crippen LogP contribution in [0.5, 0.6) is 0 Å². The number of fused-ring (bicyclic) bond motifs is 1. The van der Waals surface area contributed by atoms with Crippen LogP contribution in [-0.4, -0.2) is 74.7 Å². The lowest BCUT2D eigenvalue weighted by Gasteiger charge is -2.16. The van der Waals surface area contributed by atoms with E-state index in [9.17, 15) is 14.7 Å². The van der Waals surface area contributed by atoms with Gasteiger partial charge in [-0.2, -0.15) is 0 Å². The molecule has 1 unspecified atom stereocenters. The van der Waals surface area contributed by atoms with E-state index in [-0.39, 0.29) is 17.9 Å². The Labute approximate surface area is 151 Å². The number of pyridine rings is 1. The van der Waals surface area contributed by atoms with Gasteiger partial charge in [0, 0.05) is 39.4 Å². The minimum Gasteiger partial charge on any atom is -0.385 e. The second-order valence-electron chi connectivity index (χ2n) is 6.84. The van der Waals surface area contributed by atoms with E-state index in [0.29, 0.717) is 43.2 Å². The van der Waals surface area contributed by atoms with Crippen LogP contribution in [0, 0.1) is 5.92 Å². The molecule has 3 amide bonds. The van der Waals surface area contributed by atoms with Crippen LogP contribution in [0.15, 0.2) is 18.3 Å². The minimum absolute atomic E-state index is 0.0162. The molecule has 1 aliphatic rings. The van der Waals surface area contributed by atoms with Crippen LogP contribution >= 0.6 is 0 Å². The van der Waals surface area contributed by atoms with Crippen LogP contribution in [0.3, 0.4) is 0 Å². The number of carbonyl (C=O) groups is 2. The number of hydrogen-bond donors (Lipinski definition) is 2. The SMILES string of the molecule is CC(C)C(O)c1nnc2ccc(C(=O)NCCN3CCN(C)C3=O)cn12. The van der Waals surface area contributed by atoms with Gasteiger partial charge in [0.05, 0.1) is 5.56 Å². The average Bonchev–Trinajstić information content (AvgIpc) is 3.18. The average molecular weight is 360 g/mol. The van der Waals surface area contributed by atoms with E-state index in [1.54, 1.807) is 39.6 Å². The molecule has 0 aromatic carbocycles. The predicted molar refractivity (Wildman–Crippen MR) is 94.7 cm³/mol. The fraction of sp³-hybridized carbons (Fsp3) is 0.529. The smallest absolute Gasteiger partial charge is 0.319 e. The quantitative estimate of drug-likeness (QED) is 0.782. The first-order valence-corrected chi connectivity index (χ1v) is 8.69. The Morgan fingerprint density at radius 3 is 2.73 bits per heavy atom. The summed E-state index contributed by atoms with van der Waals surface area (Å²) < 4.78 is 1.64. The molecule has 1 fully saturated rings. The topological polar surface area (TPSA) is 103 Å². The zero-order valence-electron chi connectivity index (χ0n) is 15.2. The Hall–Kier alpha value is -2.68. The molecule has 2 aromatic rings. The van der Waals surface area contributed by atoms with Gasteiger partial charge in [-0.05, 0) is 18.1 Å². The van der Waals surface area contributed by atoms with Gasteiger partial charge in [-0.3, -0.25) is 9.20 Å². The van der Waals surface area contributed by atoms with E-state index in [4.69, 9.17) is 0 Å². The van der Waals surface area contributed by atoms with Crippen molar-refractivity contribution in [2.24, 2.45) is 5.92 Å². The van der Waals surface area contributed by atoms with Crippen LogP contribution < -0.4 is 5.32 Å². The molecule has 9 heteroatoms. The third-order valence-corrected chi connectivity index (χ3v) is 4.56. The van der Waals surface area contributed by atoms with Crippen molar-refractivity contribution < 1.29 is 14.7 Å². The summed E-state index contributed by atoms with van der Waals surface area (Å²) in [7, 11) is 1.76. The van der Waals surface area contributed by atoms with Gasteiger partial charge in [0.1, 0.15) is 6.10 Å². The van der Waals surface area contributed by atoms with Crippen molar-refractivity contribution in [3.8, 4) is 0 Å². The summed E-state index contributed by atoms with van der Waals surface area (Å²) in [6.45, 7) is 6.01. The number of aliphatic hydroxyl groups is 1. The number of nitrogens with zero attached hydrogens (tertiary/aromatic N) is 5. The van der Waals surface area contributed by atoms with Crippen LogP contribution in [0.2, 0.25) is 0 Å². The second kappa shape index (κ2) is 7.28. The maximum atomic E-state index is 12.4. The summed E-state index contributed by atoms with van der Waals surface area (Å²) in [5.74, 6) is 0.150. The van der Waals surface area contributed by atoms with Gasteiger partial charge < -0.3 is 20.2 Å². The van der Waals surface area contributed by atoms with Gasteiger partial charge in [0.2, 0.25) is 0 Å². The Bertz CT molecular complexity index is 818. The lowest BCUT2D eigenvalue weighted by molar-refractivity contribution is 0.0948. The number of amides is 3. The van der Waals surface area contributed by atoms with Crippen molar-refractivity contribution in [3.63, 3.8) is 0 Å². The lowest BCUT2D eigenvalue weighted by atomic mass is 10.1. The lowest BCUT2D eigenvalue weighted by Crippen LogP contribution is -2.37. The number of aliphatic hydroxyl groups excluding tert-OH is 1. The summed E-state index contributed by atoms with van der Waals surface area (Å²) >= 11 is 0. The molecule has 1 aliphatic heterocycles. The zero-order chi connectivity index (χ0) is 18.8. The van der Waals surface area contributed by atoms with Gasteiger partial charge in [-0.1, -0.05) is 13.8 Å². The monoisotopic (exact) mass is 360 g/mol. The van der Waals surface area contributed by atoms with Crippen molar-refractivity contribution in [1.29, 1.82) is 0 Å². The Balaban J connectivity index is 1.66. The molecule has 0 bridgehead atoms. The molecule has 0 aliphatic carbocycles. The molecule has 2 N–H and O–H groups in total. The number of hydrogen-bond acceptors (Lipinski definition) is 5. The van der Waals surface area contributed by atoms with Crippen LogP contribution in [-0.2, 0) is 0 Å². The van der Waals surface area contributed by atoms with Crippen LogP contribution in [0.4, 0.5) is 4.79 Å². The Morgan fingerprint density at radius 2 is 2.08 bits per heavy atom. The number of carbonyl (C=O) groups excluding carboxylic acids is 2. The molecule has 9 nitrogen and oxygen atoms in total. The molecule has 1 saturated heterocycles. The van der Waals surface area contributed by atoms with E-state index in [1.165, 1.54) is 0 Å². The molecule has 0 spiro atoms. The van der Waals surface area contributed by atoms with Crippen molar-refractivity contribution in [3.05, 3.63) is 29.7 Å². The van der Waals surface area contributed by atoms with Crippen molar-refractivity contribution in [2.75, 3.05) is 33.2 Å². The highest BCUT2D eigenvalue weighted by Gasteiger charge is 2.24. The number of likely N-dealkylation sites (N-methyl/N-ethyl adjacent to an activating group) is 1. The molecule has 140 valence electrons. The number of nitrogens with one attached hydrogen (secondary N) is 1. The largest absolute Gasteiger partial charge is 0.385 e. The highest BCUT2D eigenvalue weighted by atomic mass is 16.3. The van der Waals surface area contributed by atoms with Crippen LogP contribution in [0.1, 0.15) is 36.1 Å². The molecule has 26 heavy (non-hydrogen) atoms. The molecule has 3 heterocycles. The molecule has 0 radical (unpaired) electrons. The van der Waals surface area contributed by atoms with Gasteiger partial charge >= 0.3 is 6.03 Å². The van der Waals surface area contributed by atoms with E-state index < -0.39 is 6.10 Å². The second-order valence-corrected chi connectivity index (χ2v) is 6.84. The summed E-state index contributed by atoms with van der Waals surface area (Å²) in [6, 6.07) is 3.34. The van der Waals surface area contributed by atoms with E-state index in [2.05, 4.69) is 15.5 Å². The first-order chi connectivity index (χ1) is 12.4. The first-order valence-electron chi connectivity index (χ1n) is 8.69. The van der Waals surface area contributed by atoms with Crippen molar-refractivity contribution in [2.45, 2.75) is 20.0 Å². The fourth-order valence-electron chi connectivity index (χ4n) is 2.86. The van der Waals surface area contributed by atoms with Crippen molar-refractivity contribution >= 4 is 17.6 Å². The summed E-state index contributed by atoms with van der Waals surface area (Å²) in [4.78, 5) is 27.6. The first kappa shape index (κ1) is 18.1. The Morgan fingerprint density at radius 1 is 1.31 bits per heavy atom. The summed E-state index contributed by atoms with van der Waals surface area (Å²) in [6.07, 6.45) is 0.863. The molecule has 0 saturated carbocycles. The van der Waals surface area contributed by atoms with E-state index >= 15 is 0 Å². The Kier molecular flexibility index (Phi) is 5.08. The molecular formula is C17H24N6O3. The summed E-state index contributed by atoms with van der Waals surface area (Å²) in [5, 5.41) is 21.1. The maximum Gasteiger partial charge on any atom is 0.319 e. The zero-order valence-corrected chi connectivity index (χ0v) is 15.2. The van der Waals surface area contributed by atoms with Gasteiger partial charge in [-0.25, -0.2) is 4.79 Å². The van der Waals surface area contributed by atoms with Gasteiger partial charge in [0.25, 0.3) is 5.91 Å². The highest BCUT2D eigenvalue weighted by Crippen LogP contribution is 2.20. The molecule has 3 rings (SSSR count). The molecular weight excluding hydrogens is 336 g/mol. The standard InChI is InChI=1S/C17H24N6O3/c1-11(2)14(24)15-20-19-13-5-4-12(10-23(13)15)16(25)18-6-7-22-9-8-21(3)17(22)26/h4-5,10-11,14,24H,6-9H2,1-3H3,(H,18,25). The van der Waals surface area contributed by atoms with E-state index in [1.807, 2.05) is 13.8 Å². The maximum absolute atomic E-state index is 12.4. The van der Waals surface area contributed by atoms with Crippen molar-refractivity contribution in [1.82, 2.24) is 29.7 Å². The summed E-state index contributed by atoms with van der Waals surface area (Å²) in [5.41, 5.74) is 1.02. The molecule has 2 aromatic heterocycles. The highest BCUT2D eigenvalue weighted by molar-refractivity contribution is 5.94. The predicted octanol–water partition coefficient (Wildman–Crippen LogP) is 0.516. The molecule has 1 atom stereocenters. The van der Waals surface area contributed by atoms with Gasteiger partial charge in [-0.15, -0.1) is 10.2 Å². The van der Waals surface area contributed by atoms with Crippen LogP contribution in [0.25, 0.3) is 5.65 Å². The third-order valence-electron chi connectivity index (χ3n) is 4.56. The third kappa shape index (κ3) is 3.48. The van der Waals surface area contributed by atoms with Gasteiger partial charge in [0.15, 0.2) is 11.5 Å². The number of aromatic nitrogens is 3. The number of rotatable bonds is 6. The van der Waals surface area contributed by atoms with E-state index in [0.717, 1.165) is 0 Å². The number of urea groups is 1. The normalized spacial score (nSPS) is 16.0. The fourth-order valence-corrected chi connectivity index (χ4v) is 2.86. The minimum atomic E-state index is -0.763.